The Morgan fingerprint density at radius 3 is 2.62 bits per heavy atom. The van der Waals surface area contributed by atoms with Crippen LogP contribution in [0.25, 0.3) is 5.65 Å². The molecule has 2 aromatic heterocycles. The van der Waals surface area contributed by atoms with Gasteiger partial charge in [-0.3, -0.25) is 9.80 Å². The molecule has 0 aromatic carbocycles. The summed E-state index contributed by atoms with van der Waals surface area (Å²) in [6, 6.07) is 4.99. The fourth-order valence-electron chi connectivity index (χ4n) is 3.70. The molecule has 5 nitrogen and oxygen atoms in total. The lowest BCUT2D eigenvalue weighted by Gasteiger charge is -2.37. The van der Waals surface area contributed by atoms with Crippen LogP contribution in [0.15, 0.2) is 24.5 Å². The summed E-state index contributed by atoms with van der Waals surface area (Å²) in [7, 11) is 0. The lowest BCUT2D eigenvalue weighted by molar-refractivity contribution is 0.0974. The number of aromatic nitrogens is 2. The third kappa shape index (κ3) is 4.21. The van der Waals surface area contributed by atoms with Gasteiger partial charge in [0.2, 0.25) is 0 Å². The number of piperazine rings is 1. The minimum Gasteiger partial charge on any atom is -0.315 e. The van der Waals surface area contributed by atoms with Crippen molar-refractivity contribution >= 4 is 30.5 Å². The van der Waals surface area contributed by atoms with Crippen molar-refractivity contribution in [1.29, 1.82) is 0 Å². The zero-order chi connectivity index (χ0) is 14.9. The van der Waals surface area contributed by atoms with E-state index in [-0.39, 0.29) is 24.8 Å². The van der Waals surface area contributed by atoms with Gasteiger partial charge in [0, 0.05) is 57.7 Å². The predicted molar refractivity (Wildman–Crippen MR) is 103 cm³/mol. The summed E-state index contributed by atoms with van der Waals surface area (Å²) in [5.41, 5.74) is 3.51. The van der Waals surface area contributed by atoms with Gasteiger partial charge in [-0.05, 0) is 31.5 Å². The topological polar surface area (TPSA) is 35.8 Å². The molecule has 1 unspecified atom stereocenters. The Morgan fingerprint density at radius 2 is 1.92 bits per heavy atom. The van der Waals surface area contributed by atoms with Crippen LogP contribution < -0.4 is 5.32 Å². The Kier molecular flexibility index (Phi) is 6.89. The number of nitrogens with one attached hydrogen (secondary N) is 1. The minimum atomic E-state index is 0. The smallest absolute Gasteiger partial charge is 0.137 e. The van der Waals surface area contributed by atoms with Crippen LogP contribution in [0, 0.1) is 6.92 Å². The summed E-state index contributed by atoms with van der Waals surface area (Å²) in [6.07, 6.45) is 5.64. The lowest BCUT2D eigenvalue weighted by Crippen LogP contribution is -2.50. The first-order valence-corrected chi connectivity index (χ1v) is 8.39. The number of imidazole rings is 1. The van der Waals surface area contributed by atoms with E-state index in [1.165, 1.54) is 43.9 Å². The zero-order valence-electron chi connectivity index (χ0n) is 14.1. The van der Waals surface area contributed by atoms with E-state index in [1.807, 2.05) is 0 Å². The molecule has 0 radical (unpaired) electrons. The van der Waals surface area contributed by atoms with Gasteiger partial charge in [-0.1, -0.05) is 6.07 Å². The van der Waals surface area contributed by atoms with Crippen LogP contribution in [0.2, 0.25) is 0 Å². The minimum absolute atomic E-state index is 0. The fraction of sp³-hybridized carbons (Fsp3) is 0.588. The first kappa shape index (κ1) is 19.5. The van der Waals surface area contributed by atoms with E-state index in [9.17, 15) is 0 Å². The second-order valence-electron chi connectivity index (χ2n) is 6.66. The van der Waals surface area contributed by atoms with Crippen LogP contribution in [-0.4, -0.2) is 64.5 Å². The van der Waals surface area contributed by atoms with Gasteiger partial charge in [0.05, 0.1) is 5.69 Å². The SMILES string of the molecule is Cc1ccc2nc(CN3CCN(C4CCNC4)CC3)cn2c1.Cl.Cl. The van der Waals surface area contributed by atoms with Gasteiger partial charge in [-0.2, -0.15) is 0 Å². The molecule has 0 spiro atoms. The molecule has 2 saturated heterocycles. The number of aryl methyl sites for hydroxylation is 1. The maximum absolute atomic E-state index is 4.74. The average Bonchev–Trinajstić information content (AvgIpc) is 3.16. The standard InChI is InChI=1S/C17H25N5.2ClH/c1-14-2-3-17-19-15(13-22(17)11-14)12-20-6-8-21(9-7-20)16-4-5-18-10-16;;/h2-3,11,13,16,18H,4-10,12H2,1H3;2*1H. The van der Waals surface area contributed by atoms with Gasteiger partial charge in [0.15, 0.2) is 0 Å². The first-order chi connectivity index (χ1) is 10.8. The highest BCUT2D eigenvalue weighted by atomic mass is 35.5. The molecule has 0 amide bonds. The van der Waals surface area contributed by atoms with Crippen LogP contribution >= 0.6 is 24.8 Å². The van der Waals surface area contributed by atoms with Crippen molar-refractivity contribution < 1.29 is 0 Å². The molecule has 2 aliphatic heterocycles. The summed E-state index contributed by atoms with van der Waals surface area (Å²) < 4.78 is 2.14. The monoisotopic (exact) mass is 371 g/mol. The second kappa shape index (κ2) is 8.50. The van der Waals surface area contributed by atoms with E-state index in [2.05, 4.69) is 51.0 Å². The van der Waals surface area contributed by atoms with E-state index in [4.69, 9.17) is 4.98 Å². The van der Waals surface area contributed by atoms with E-state index in [0.717, 1.165) is 31.3 Å². The number of pyridine rings is 1. The Labute approximate surface area is 156 Å². The molecule has 0 aliphatic carbocycles. The largest absolute Gasteiger partial charge is 0.315 e. The lowest BCUT2D eigenvalue weighted by atomic mass is 10.2. The van der Waals surface area contributed by atoms with Crippen molar-refractivity contribution in [3.05, 3.63) is 35.8 Å². The van der Waals surface area contributed by atoms with E-state index in [0.29, 0.717) is 0 Å². The molecule has 24 heavy (non-hydrogen) atoms. The third-order valence-electron chi connectivity index (χ3n) is 4.99. The van der Waals surface area contributed by atoms with Gasteiger partial charge in [0.25, 0.3) is 0 Å². The molecule has 2 aromatic rings. The fourth-order valence-corrected chi connectivity index (χ4v) is 3.70. The molecular weight excluding hydrogens is 345 g/mol. The normalized spacial score (nSPS) is 22.3. The van der Waals surface area contributed by atoms with Crippen molar-refractivity contribution in [2.45, 2.75) is 25.9 Å². The Bertz CT molecular complexity index is 645. The molecule has 0 bridgehead atoms. The molecule has 1 N–H and O–H groups in total. The average molecular weight is 372 g/mol. The molecule has 4 rings (SSSR count). The molecule has 1 atom stereocenters. The van der Waals surface area contributed by atoms with E-state index in [1.54, 1.807) is 0 Å². The number of hydrogen-bond acceptors (Lipinski definition) is 4. The van der Waals surface area contributed by atoms with Crippen LogP contribution in [-0.2, 0) is 6.54 Å². The molecule has 134 valence electrons. The van der Waals surface area contributed by atoms with Crippen molar-refractivity contribution in [1.82, 2.24) is 24.5 Å². The Morgan fingerprint density at radius 1 is 1.12 bits per heavy atom. The molecular formula is C17H27Cl2N5. The molecule has 7 heteroatoms. The number of hydrogen-bond donors (Lipinski definition) is 1. The summed E-state index contributed by atoms with van der Waals surface area (Å²) >= 11 is 0. The van der Waals surface area contributed by atoms with Crippen LogP contribution in [0.3, 0.4) is 0 Å². The van der Waals surface area contributed by atoms with Gasteiger partial charge < -0.3 is 9.72 Å². The van der Waals surface area contributed by atoms with Gasteiger partial charge >= 0.3 is 0 Å². The summed E-state index contributed by atoms with van der Waals surface area (Å²) in [5, 5.41) is 3.47. The molecule has 0 saturated carbocycles. The van der Waals surface area contributed by atoms with Crippen LogP contribution in [0.1, 0.15) is 17.7 Å². The van der Waals surface area contributed by atoms with Crippen molar-refractivity contribution in [2.24, 2.45) is 0 Å². The van der Waals surface area contributed by atoms with Crippen molar-refractivity contribution in [2.75, 3.05) is 39.3 Å². The second-order valence-corrected chi connectivity index (χ2v) is 6.66. The van der Waals surface area contributed by atoms with Gasteiger partial charge in [0.1, 0.15) is 5.65 Å². The molecule has 2 fully saturated rings. The number of fused-ring (bicyclic) bond motifs is 1. The predicted octanol–water partition coefficient (Wildman–Crippen LogP) is 1.97. The number of rotatable bonds is 3. The highest BCUT2D eigenvalue weighted by molar-refractivity contribution is 5.85. The van der Waals surface area contributed by atoms with Crippen LogP contribution in [0.5, 0.6) is 0 Å². The maximum Gasteiger partial charge on any atom is 0.137 e. The highest BCUT2D eigenvalue weighted by Crippen LogP contribution is 2.14. The van der Waals surface area contributed by atoms with E-state index < -0.39 is 0 Å². The van der Waals surface area contributed by atoms with E-state index >= 15 is 0 Å². The number of nitrogens with zero attached hydrogens (tertiary/aromatic N) is 4. The maximum atomic E-state index is 4.74. The van der Waals surface area contributed by atoms with Crippen molar-refractivity contribution in [3.63, 3.8) is 0 Å². The zero-order valence-corrected chi connectivity index (χ0v) is 15.8. The summed E-state index contributed by atoms with van der Waals surface area (Å²) in [5.74, 6) is 0. The number of halogens is 2. The molecule has 4 heterocycles. The van der Waals surface area contributed by atoms with Gasteiger partial charge in [-0.25, -0.2) is 4.98 Å². The summed E-state index contributed by atoms with van der Waals surface area (Å²) in [6.45, 7) is 10.1. The van der Waals surface area contributed by atoms with Crippen molar-refractivity contribution in [3.8, 4) is 0 Å². The molecule has 2 aliphatic rings. The first-order valence-electron chi connectivity index (χ1n) is 8.39. The van der Waals surface area contributed by atoms with Gasteiger partial charge in [-0.15, -0.1) is 24.8 Å². The Hall–Kier alpha value is -0.850. The van der Waals surface area contributed by atoms with Crippen LogP contribution in [0.4, 0.5) is 0 Å². The summed E-state index contributed by atoms with van der Waals surface area (Å²) in [4.78, 5) is 9.93. The quantitative estimate of drug-likeness (QED) is 0.894. The highest BCUT2D eigenvalue weighted by Gasteiger charge is 2.26. The third-order valence-corrected chi connectivity index (χ3v) is 4.99. The Balaban J connectivity index is 0.00000104.